The number of fused-ring (bicyclic) bond motifs is 5. The molecule has 182 valence electrons. The molecule has 1 N–H and O–H groups in total. The number of rotatable bonds is 7. The molecule has 4 saturated carbocycles. The zero-order chi connectivity index (χ0) is 23.1. The molecule has 7 unspecified atom stereocenters. The van der Waals surface area contributed by atoms with Crippen LogP contribution in [0, 0.1) is 46.3 Å². The van der Waals surface area contributed by atoms with Gasteiger partial charge in [-0.15, -0.1) is 0 Å². The van der Waals surface area contributed by atoms with Crippen LogP contribution in [0.4, 0.5) is 5.69 Å². The summed E-state index contributed by atoms with van der Waals surface area (Å²) in [6, 6.07) is 10.2. The lowest BCUT2D eigenvalue weighted by Crippen LogP contribution is -2.56. The summed E-state index contributed by atoms with van der Waals surface area (Å²) < 4.78 is 6.22. The minimum Gasteiger partial charge on any atom is -0.381 e. The normalized spacial score (nSPS) is 42.2. The highest BCUT2D eigenvalue weighted by Gasteiger charge is 2.62. The van der Waals surface area contributed by atoms with Crippen molar-refractivity contribution in [3.63, 3.8) is 0 Å². The molecule has 1 aromatic carbocycles. The Morgan fingerprint density at radius 3 is 2.64 bits per heavy atom. The highest BCUT2D eigenvalue weighted by molar-refractivity contribution is 5.86. The van der Waals surface area contributed by atoms with E-state index in [1.165, 1.54) is 51.4 Å². The van der Waals surface area contributed by atoms with E-state index in [0.717, 1.165) is 54.9 Å². The van der Waals surface area contributed by atoms with E-state index in [0.29, 0.717) is 17.7 Å². The molecule has 0 heterocycles. The monoisotopic (exact) mass is 451 g/mol. The molecule has 1 aromatic rings. The van der Waals surface area contributed by atoms with Gasteiger partial charge in [0.25, 0.3) is 0 Å². The minimum atomic E-state index is 0.193. The summed E-state index contributed by atoms with van der Waals surface area (Å²) in [4.78, 5) is 13.4. The molecule has 0 saturated heterocycles. The fraction of sp³-hybridized carbons (Fsp3) is 0.767. The van der Waals surface area contributed by atoms with Crippen LogP contribution in [0.5, 0.6) is 0 Å². The maximum atomic E-state index is 13.4. The number of nitrogens with one attached hydrogen (secondary N) is 1. The lowest BCUT2D eigenvalue weighted by Gasteiger charge is -2.62. The molecule has 0 spiro atoms. The van der Waals surface area contributed by atoms with Crippen LogP contribution < -0.4 is 5.32 Å². The lowest BCUT2D eigenvalue weighted by atomic mass is 9.44. The van der Waals surface area contributed by atoms with Gasteiger partial charge in [-0.1, -0.05) is 38.5 Å². The van der Waals surface area contributed by atoms with Gasteiger partial charge < -0.3 is 10.1 Å². The maximum Gasteiger partial charge on any atom is 0.155 e. The maximum absolute atomic E-state index is 13.4. The number of Topliss-reactive ketones (excluding diaryl/α,β-unsaturated/α-hetero) is 1. The van der Waals surface area contributed by atoms with Crippen LogP contribution in [-0.4, -0.2) is 25.5 Å². The largest absolute Gasteiger partial charge is 0.381 e. The first-order valence-electron chi connectivity index (χ1n) is 13.9. The van der Waals surface area contributed by atoms with E-state index in [1.807, 2.05) is 18.2 Å². The van der Waals surface area contributed by atoms with Crippen LogP contribution in [0.3, 0.4) is 0 Å². The van der Waals surface area contributed by atoms with Crippen LogP contribution in [0.1, 0.15) is 78.6 Å². The second kappa shape index (κ2) is 9.36. The van der Waals surface area contributed by atoms with Crippen molar-refractivity contribution in [1.29, 1.82) is 0 Å². The number of hydrogen-bond acceptors (Lipinski definition) is 3. The molecule has 3 nitrogen and oxygen atoms in total. The molecule has 3 heteroatoms. The zero-order valence-corrected chi connectivity index (χ0v) is 21.2. The van der Waals surface area contributed by atoms with Crippen molar-refractivity contribution >= 4 is 11.5 Å². The molecule has 0 bridgehead atoms. The summed E-state index contributed by atoms with van der Waals surface area (Å²) >= 11 is 0. The molecule has 8 atom stereocenters. The molecular formula is C30H45NO2. The fourth-order valence-corrected chi connectivity index (χ4v) is 9.23. The van der Waals surface area contributed by atoms with Crippen molar-refractivity contribution in [2.45, 2.75) is 78.6 Å². The molecular weight excluding hydrogens is 406 g/mol. The Kier molecular flexibility index (Phi) is 6.64. The molecule has 4 fully saturated rings. The van der Waals surface area contributed by atoms with Crippen molar-refractivity contribution < 1.29 is 9.53 Å². The first kappa shape index (κ1) is 23.4. The van der Waals surface area contributed by atoms with Gasteiger partial charge in [0.1, 0.15) is 0 Å². The van der Waals surface area contributed by atoms with Gasteiger partial charge in [0.2, 0.25) is 0 Å². The number of carbonyl (C=O) groups is 1. The van der Waals surface area contributed by atoms with E-state index in [9.17, 15) is 4.79 Å². The number of carbonyl (C=O) groups excluding carboxylic acids is 1. The highest BCUT2D eigenvalue weighted by atomic mass is 16.5. The van der Waals surface area contributed by atoms with Gasteiger partial charge in [0, 0.05) is 18.2 Å². The molecule has 0 aliphatic heterocycles. The average Bonchev–Trinajstić information content (AvgIpc) is 3.19. The van der Waals surface area contributed by atoms with E-state index >= 15 is 0 Å². The van der Waals surface area contributed by atoms with Crippen LogP contribution in [0.15, 0.2) is 30.3 Å². The summed E-state index contributed by atoms with van der Waals surface area (Å²) in [5.41, 5.74) is 1.65. The first-order chi connectivity index (χ1) is 16.0. The third-order valence-electron chi connectivity index (χ3n) is 10.8. The number of ketones is 1. The quantitative estimate of drug-likeness (QED) is 0.486. The SMILES string of the molecule is CCOCC12CCC(C)CC1CCC1C2CCC2(C)C1CC[C@@H]2C(=O)CNc1ccccc1. The van der Waals surface area contributed by atoms with E-state index in [4.69, 9.17) is 4.74 Å². The van der Waals surface area contributed by atoms with E-state index in [1.54, 1.807) is 0 Å². The number of hydrogen-bond donors (Lipinski definition) is 1. The second-order valence-corrected chi connectivity index (χ2v) is 12.3. The van der Waals surface area contributed by atoms with E-state index in [2.05, 4.69) is 38.2 Å². The predicted molar refractivity (Wildman–Crippen MR) is 135 cm³/mol. The van der Waals surface area contributed by atoms with E-state index < -0.39 is 0 Å². The van der Waals surface area contributed by atoms with E-state index in [-0.39, 0.29) is 11.3 Å². The van der Waals surface area contributed by atoms with Gasteiger partial charge in [-0.05, 0) is 111 Å². The molecule has 33 heavy (non-hydrogen) atoms. The summed E-state index contributed by atoms with van der Waals surface area (Å²) in [6.45, 7) is 9.40. The Labute approximate surface area is 201 Å². The third-order valence-corrected chi connectivity index (χ3v) is 10.8. The van der Waals surface area contributed by atoms with Crippen molar-refractivity contribution in [3.8, 4) is 0 Å². The van der Waals surface area contributed by atoms with Gasteiger partial charge in [0.05, 0.1) is 13.2 Å². The molecule has 0 amide bonds. The number of benzene rings is 1. The Morgan fingerprint density at radius 2 is 1.85 bits per heavy atom. The molecule has 0 aromatic heterocycles. The van der Waals surface area contributed by atoms with Crippen molar-refractivity contribution in [3.05, 3.63) is 30.3 Å². The zero-order valence-electron chi connectivity index (χ0n) is 21.2. The Balaban J connectivity index is 1.32. The van der Waals surface area contributed by atoms with Crippen LogP contribution in [0.25, 0.3) is 0 Å². The molecule has 4 aliphatic carbocycles. The summed E-state index contributed by atoms with van der Waals surface area (Å²) in [5.74, 6) is 4.73. The fourth-order valence-electron chi connectivity index (χ4n) is 9.23. The Morgan fingerprint density at radius 1 is 1.03 bits per heavy atom. The topological polar surface area (TPSA) is 38.3 Å². The number of ether oxygens (including phenoxy) is 1. The summed E-state index contributed by atoms with van der Waals surface area (Å²) in [5, 5.41) is 3.39. The van der Waals surface area contributed by atoms with Gasteiger partial charge in [-0.3, -0.25) is 4.79 Å². The lowest BCUT2D eigenvalue weighted by molar-refractivity contribution is -0.157. The minimum absolute atomic E-state index is 0.193. The molecule has 0 radical (unpaired) electrons. The van der Waals surface area contributed by atoms with Crippen LogP contribution in [0.2, 0.25) is 0 Å². The van der Waals surface area contributed by atoms with Crippen molar-refractivity contribution in [2.24, 2.45) is 46.3 Å². The van der Waals surface area contributed by atoms with Crippen LogP contribution >= 0.6 is 0 Å². The van der Waals surface area contributed by atoms with Crippen molar-refractivity contribution in [2.75, 3.05) is 25.1 Å². The van der Waals surface area contributed by atoms with Gasteiger partial charge in [0.15, 0.2) is 5.78 Å². The summed E-state index contributed by atoms with van der Waals surface area (Å²) in [6.07, 6.45) is 11.8. The first-order valence-corrected chi connectivity index (χ1v) is 13.9. The number of anilines is 1. The smallest absolute Gasteiger partial charge is 0.155 e. The predicted octanol–water partition coefficient (Wildman–Crippen LogP) is 6.98. The van der Waals surface area contributed by atoms with Gasteiger partial charge in [-0.25, -0.2) is 0 Å². The van der Waals surface area contributed by atoms with Crippen molar-refractivity contribution in [1.82, 2.24) is 0 Å². The Hall–Kier alpha value is -1.35. The number of para-hydroxylation sites is 1. The molecule has 4 aliphatic rings. The Bertz CT molecular complexity index is 820. The van der Waals surface area contributed by atoms with Crippen LogP contribution in [-0.2, 0) is 9.53 Å². The van der Waals surface area contributed by atoms with Gasteiger partial charge in [-0.2, -0.15) is 0 Å². The highest BCUT2D eigenvalue weighted by Crippen LogP contribution is 2.68. The standard InChI is InChI=1S/C30H45NO2/c1-4-33-20-30-17-14-21(2)18-22(30)10-11-24-25-12-13-27(29(25,3)16-15-26(24)30)28(32)19-31-23-8-6-5-7-9-23/h5-9,21-22,24-27,31H,4,10-20H2,1-3H3/t21?,22?,24?,25?,26?,27-,29?,30?/m1/s1. The molecule has 5 rings (SSSR count). The van der Waals surface area contributed by atoms with Gasteiger partial charge >= 0.3 is 0 Å². The average molecular weight is 452 g/mol. The summed E-state index contributed by atoms with van der Waals surface area (Å²) in [7, 11) is 0. The second-order valence-electron chi connectivity index (χ2n) is 12.3. The third kappa shape index (κ3) is 4.07.